The Morgan fingerprint density at radius 2 is 1.74 bits per heavy atom. The van der Waals surface area contributed by atoms with Gasteiger partial charge < -0.3 is 9.47 Å². The fourth-order valence-electron chi connectivity index (χ4n) is 4.80. The molecule has 0 atom stereocenters. The highest BCUT2D eigenvalue weighted by molar-refractivity contribution is 7.15. The summed E-state index contributed by atoms with van der Waals surface area (Å²) in [6.07, 6.45) is 7.17. The third-order valence-corrected chi connectivity index (χ3v) is 7.99. The van der Waals surface area contributed by atoms with E-state index < -0.39 is 0 Å². The number of aryl methyl sites for hydroxylation is 1. The maximum Gasteiger partial charge on any atom is 0.291 e. The molecule has 0 unspecified atom stereocenters. The summed E-state index contributed by atoms with van der Waals surface area (Å²) in [5, 5.41) is 9.44. The third-order valence-electron chi connectivity index (χ3n) is 7.03. The molecule has 0 N–H and O–H groups in total. The van der Waals surface area contributed by atoms with Gasteiger partial charge in [0.05, 0.1) is 23.9 Å². The van der Waals surface area contributed by atoms with Gasteiger partial charge in [0.1, 0.15) is 17.2 Å². The van der Waals surface area contributed by atoms with Crippen molar-refractivity contribution >= 4 is 22.4 Å². The molecular weight excluding hydrogens is 546 g/mol. The largest absolute Gasteiger partial charge is 0.496 e. The lowest BCUT2D eigenvalue weighted by atomic mass is 10.0. The number of hydrogen-bond donors (Lipinski definition) is 0. The Kier molecular flexibility index (Phi) is 7.83. The number of benzene rings is 3. The summed E-state index contributed by atoms with van der Waals surface area (Å²) in [5.41, 5.74) is 5.06. The number of unbranched alkanes of at least 4 members (excludes halogenated alkanes) is 2. The smallest absolute Gasteiger partial charge is 0.291 e. The Morgan fingerprint density at radius 1 is 0.952 bits per heavy atom. The summed E-state index contributed by atoms with van der Waals surface area (Å²) >= 11 is 1.31. The number of thiazole rings is 1. The summed E-state index contributed by atoms with van der Waals surface area (Å²) in [6.45, 7) is 4.88. The van der Waals surface area contributed by atoms with E-state index in [1.54, 1.807) is 7.11 Å². The molecule has 0 radical (unpaired) electrons. The SMILES string of the molecule is CCCCCOc1ccc(-c2nc3sc(=Cc4cn(-c5ccccc5)nc4-c4ccc(OC)c(C)c4)c(=O)n3n2)cc1. The van der Waals surface area contributed by atoms with Crippen LogP contribution in [0.2, 0.25) is 0 Å². The van der Waals surface area contributed by atoms with Crippen molar-refractivity contribution in [1.29, 1.82) is 0 Å². The Bertz CT molecular complexity index is 1940. The zero-order valence-electron chi connectivity index (χ0n) is 23.8. The van der Waals surface area contributed by atoms with E-state index in [0.29, 0.717) is 21.9 Å². The number of fused-ring (bicyclic) bond motifs is 1. The Labute approximate surface area is 247 Å². The van der Waals surface area contributed by atoms with Gasteiger partial charge in [-0.1, -0.05) is 49.3 Å². The van der Waals surface area contributed by atoms with Gasteiger partial charge in [-0.3, -0.25) is 4.79 Å². The molecule has 0 aliphatic carbocycles. The first-order valence-electron chi connectivity index (χ1n) is 14.0. The van der Waals surface area contributed by atoms with E-state index in [2.05, 4.69) is 17.0 Å². The fraction of sp³-hybridized carbons (Fsp3) is 0.212. The van der Waals surface area contributed by atoms with Crippen LogP contribution in [0.3, 0.4) is 0 Å². The Morgan fingerprint density at radius 3 is 2.45 bits per heavy atom. The zero-order chi connectivity index (χ0) is 29.1. The summed E-state index contributed by atoms with van der Waals surface area (Å²) in [4.78, 5) is 18.6. The van der Waals surface area contributed by atoms with E-state index in [-0.39, 0.29) is 5.56 Å². The molecule has 3 aromatic carbocycles. The predicted molar refractivity (Wildman–Crippen MR) is 167 cm³/mol. The molecule has 6 rings (SSSR count). The maximum atomic E-state index is 13.4. The van der Waals surface area contributed by atoms with E-state index in [9.17, 15) is 4.79 Å². The first-order valence-corrected chi connectivity index (χ1v) is 14.8. The summed E-state index contributed by atoms with van der Waals surface area (Å²) in [6, 6.07) is 23.5. The van der Waals surface area contributed by atoms with E-state index in [4.69, 9.17) is 14.6 Å². The highest BCUT2D eigenvalue weighted by Gasteiger charge is 2.16. The Balaban J connectivity index is 1.35. The summed E-state index contributed by atoms with van der Waals surface area (Å²) in [7, 11) is 1.66. The predicted octanol–water partition coefficient (Wildman–Crippen LogP) is 6.10. The van der Waals surface area contributed by atoms with Crippen LogP contribution in [0, 0.1) is 6.92 Å². The van der Waals surface area contributed by atoms with Crippen molar-refractivity contribution in [3.05, 3.63) is 105 Å². The number of para-hydroxylation sites is 1. The van der Waals surface area contributed by atoms with Crippen molar-refractivity contribution in [2.24, 2.45) is 0 Å². The molecule has 212 valence electrons. The number of hydrogen-bond acceptors (Lipinski definition) is 7. The first kappa shape index (κ1) is 27.4. The molecule has 0 saturated carbocycles. The minimum absolute atomic E-state index is 0.214. The molecule has 9 heteroatoms. The van der Waals surface area contributed by atoms with Gasteiger partial charge in [-0.25, -0.2) is 4.68 Å². The van der Waals surface area contributed by atoms with Crippen molar-refractivity contribution < 1.29 is 9.47 Å². The first-order chi connectivity index (χ1) is 20.5. The number of rotatable bonds is 10. The van der Waals surface area contributed by atoms with E-state index in [1.807, 2.05) is 96.7 Å². The van der Waals surface area contributed by atoms with Crippen molar-refractivity contribution in [2.45, 2.75) is 33.1 Å². The average Bonchev–Trinajstić information content (AvgIpc) is 3.71. The number of methoxy groups -OCH3 is 1. The quantitative estimate of drug-likeness (QED) is 0.183. The van der Waals surface area contributed by atoms with E-state index >= 15 is 0 Å². The van der Waals surface area contributed by atoms with Gasteiger partial charge in [0.2, 0.25) is 4.96 Å². The van der Waals surface area contributed by atoms with E-state index in [1.165, 1.54) is 15.9 Å². The third kappa shape index (κ3) is 5.56. The standard InChI is InChI=1S/C33H31N5O3S/c1-4-5-9-18-41-27-15-12-23(13-16-27)31-34-33-38(36-31)32(39)29(42-33)20-25-21-37(26-10-7-6-8-11-26)35-30(25)24-14-17-28(40-3)22(2)19-24/h6-8,10-17,19-21H,4-5,9,18H2,1-3H3. The molecule has 0 spiro atoms. The van der Waals surface area contributed by atoms with Crippen LogP contribution in [0.25, 0.3) is 39.4 Å². The van der Waals surface area contributed by atoms with Gasteiger partial charge in [-0.2, -0.15) is 14.6 Å². The molecule has 42 heavy (non-hydrogen) atoms. The lowest BCUT2D eigenvalue weighted by Gasteiger charge is -2.06. The van der Waals surface area contributed by atoms with Gasteiger partial charge in [0.15, 0.2) is 5.82 Å². The lowest BCUT2D eigenvalue weighted by Crippen LogP contribution is -2.23. The van der Waals surface area contributed by atoms with Crippen molar-refractivity contribution in [3.63, 3.8) is 0 Å². The normalized spacial score (nSPS) is 11.8. The molecule has 6 aromatic rings. The molecule has 0 saturated heterocycles. The highest BCUT2D eigenvalue weighted by Crippen LogP contribution is 2.29. The van der Waals surface area contributed by atoms with Crippen LogP contribution in [0.5, 0.6) is 11.5 Å². The van der Waals surface area contributed by atoms with Gasteiger partial charge in [0.25, 0.3) is 5.56 Å². The van der Waals surface area contributed by atoms with Crippen LogP contribution >= 0.6 is 11.3 Å². The molecule has 0 amide bonds. The number of nitrogens with zero attached hydrogens (tertiary/aromatic N) is 5. The average molecular weight is 578 g/mol. The number of ether oxygens (including phenoxy) is 2. The minimum Gasteiger partial charge on any atom is -0.496 e. The Hall–Kier alpha value is -4.76. The van der Waals surface area contributed by atoms with Crippen LogP contribution < -0.4 is 19.6 Å². The van der Waals surface area contributed by atoms with Gasteiger partial charge in [-0.05, 0) is 79.6 Å². The molecular formula is C33H31N5O3S. The lowest BCUT2D eigenvalue weighted by molar-refractivity contribution is 0.306. The van der Waals surface area contributed by atoms with Crippen molar-refractivity contribution in [1.82, 2.24) is 24.4 Å². The van der Waals surface area contributed by atoms with Crippen LogP contribution in [0.4, 0.5) is 0 Å². The molecule has 3 aromatic heterocycles. The summed E-state index contributed by atoms with van der Waals surface area (Å²) in [5.74, 6) is 2.13. The maximum absolute atomic E-state index is 13.4. The number of aromatic nitrogens is 5. The van der Waals surface area contributed by atoms with E-state index in [0.717, 1.165) is 64.4 Å². The molecule has 3 heterocycles. The van der Waals surface area contributed by atoms with Gasteiger partial charge in [0, 0.05) is 22.9 Å². The molecule has 0 aliphatic rings. The topological polar surface area (TPSA) is 83.5 Å². The van der Waals surface area contributed by atoms with Crippen molar-refractivity contribution in [3.8, 4) is 39.8 Å². The molecule has 0 bridgehead atoms. The van der Waals surface area contributed by atoms with Gasteiger partial charge in [-0.15, -0.1) is 5.10 Å². The van der Waals surface area contributed by atoms with Crippen LogP contribution in [-0.2, 0) is 0 Å². The monoisotopic (exact) mass is 577 g/mol. The summed E-state index contributed by atoms with van der Waals surface area (Å²) < 4.78 is 15.0. The van der Waals surface area contributed by atoms with Crippen LogP contribution in [0.1, 0.15) is 37.3 Å². The fourth-order valence-corrected chi connectivity index (χ4v) is 5.69. The molecule has 0 aliphatic heterocycles. The molecule has 8 nitrogen and oxygen atoms in total. The van der Waals surface area contributed by atoms with Crippen LogP contribution in [-0.4, -0.2) is 38.1 Å². The second-order valence-corrected chi connectivity index (χ2v) is 11.0. The van der Waals surface area contributed by atoms with Crippen LogP contribution in [0.15, 0.2) is 83.8 Å². The zero-order valence-corrected chi connectivity index (χ0v) is 24.6. The van der Waals surface area contributed by atoms with Gasteiger partial charge >= 0.3 is 0 Å². The highest BCUT2D eigenvalue weighted by atomic mass is 32.1. The second kappa shape index (κ2) is 12.0. The minimum atomic E-state index is -0.214. The molecule has 0 fully saturated rings. The second-order valence-electron chi connectivity index (χ2n) is 10.0. The van der Waals surface area contributed by atoms with Crippen molar-refractivity contribution in [2.75, 3.05) is 13.7 Å².